The van der Waals surface area contributed by atoms with E-state index in [-0.39, 0.29) is 28.8 Å². The second kappa shape index (κ2) is 8.93. The van der Waals surface area contributed by atoms with Gasteiger partial charge in [0, 0.05) is 11.3 Å². The predicted octanol–water partition coefficient (Wildman–Crippen LogP) is 3.71. The zero-order valence-electron chi connectivity index (χ0n) is 15.1. The van der Waals surface area contributed by atoms with Crippen molar-refractivity contribution >= 4 is 29.1 Å². The van der Waals surface area contributed by atoms with E-state index in [2.05, 4.69) is 20.3 Å². The lowest BCUT2D eigenvalue weighted by atomic mass is 10.1. The molecule has 1 aromatic heterocycles. The number of benzene rings is 2. The van der Waals surface area contributed by atoms with E-state index in [1.54, 1.807) is 0 Å². The third-order valence-electron chi connectivity index (χ3n) is 3.71. The largest absolute Gasteiger partial charge is 0.424 e. The van der Waals surface area contributed by atoms with Crippen LogP contribution >= 0.6 is 11.6 Å². The molecule has 0 saturated heterocycles. The summed E-state index contributed by atoms with van der Waals surface area (Å²) >= 11 is 5.55. The number of aromatic nitrogens is 3. The summed E-state index contributed by atoms with van der Waals surface area (Å²) in [5.41, 5.74) is 0.305. The molecule has 1 heterocycles. The van der Waals surface area contributed by atoms with Crippen LogP contribution in [0.25, 0.3) is 0 Å². The van der Waals surface area contributed by atoms with Crippen LogP contribution in [0.5, 0.6) is 11.8 Å². The Hall–Kier alpha value is -3.77. The number of halogens is 4. The molecule has 0 unspecified atom stereocenters. The van der Waals surface area contributed by atoms with Crippen molar-refractivity contribution < 1.29 is 32.7 Å². The average Bonchev–Trinajstić information content (AvgIpc) is 2.74. The molecular weight excluding hydrogens is 443 g/mol. The molecular formula is C18H11ClF3N5O4. The van der Waals surface area contributed by atoms with Crippen LogP contribution in [-0.2, 0) is 6.18 Å². The van der Waals surface area contributed by atoms with Gasteiger partial charge in [-0.1, -0.05) is 11.6 Å². The summed E-state index contributed by atoms with van der Waals surface area (Å²) in [5.74, 6) is -1.88. The van der Waals surface area contributed by atoms with E-state index in [1.807, 2.05) is 0 Å². The van der Waals surface area contributed by atoms with E-state index < -0.39 is 28.6 Å². The van der Waals surface area contributed by atoms with E-state index >= 15 is 0 Å². The summed E-state index contributed by atoms with van der Waals surface area (Å²) in [6, 6.07) is 8.30. The molecule has 13 heteroatoms. The van der Waals surface area contributed by atoms with Gasteiger partial charge in [0.2, 0.25) is 5.82 Å². The van der Waals surface area contributed by atoms with Gasteiger partial charge in [-0.05, 0) is 42.5 Å². The van der Waals surface area contributed by atoms with Gasteiger partial charge in [0.15, 0.2) is 0 Å². The highest BCUT2D eigenvalue weighted by atomic mass is 35.5. The topological polar surface area (TPSA) is 126 Å². The van der Waals surface area contributed by atoms with Crippen LogP contribution in [0, 0.1) is 0 Å². The number of nitrogens with one attached hydrogen (secondary N) is 2. The zero-order valence-corrected chi connectivity index (χ0v) is 15.9. The van der Waals surface area contributed by atoms with E-state index in [1.165, 1.54) is 35.8 Å². The van der Waals surface area contributed by atoms with Gasteiger partial charge in [0.05, 0.1) is 10.6 Å². The van der Waals surface area contributed by atoms with Gasteiger partial charge >= 0.3 is 18.1 Å². The van der Waals surface area contributed by atoms with Gasteiger partial charge < -0.3 is 10.1 Å². The van der Waals surface area contributed by atoms with E-state index in [9.17, 15) is 22.8 Å². The van der Waals surface area contributed by atoms with Crippen LogP contribution in [-0.4, -0.2) is 32.0 Å². The molecule has 160 valence electrons. The Morgan fingerprint density at radius 3 is 2.39 bits per heavy atom. The number of amides is 2. The predicted molar refractivity (Wildman–Crippen MR) is 100 cm³/mol. The standard InChI is InChI=1S/C18H11ClF3N5O4/c19-13-6-1-9(7-12(13)18(20,21)22)15(28)25-10-2-4-11(5-3-10)31-17-24-8-23-14(26-17)16(29)27-30/h1-8,30H,(H,25,28)(H,27,29). The molecule has 2 aromatic carbocycles. The number of hydrogen-bond acceptors (Lipinski definition) is 7. The molecule has 0 saturated carbocycles. The first-order valence-corrected chi connectivity index (χ1v) is 8.64. The van der Waals surface area contributed by atoms with Gasteiger partial charge in [-0.15, -0.1) is 0 Å². The molecule has 3 aromatic rings. The summed E-state index contributed by atoms with van der Waals surface area (Å²) in [7, 11) is 0. The second-order valence-corrected chi connectivity index (χ2v) is 6.21. The lowest BCUT2D eigenvalue weighted by Gasteiger charge is -2.11. The summed E-state index contributed by atoms with van der Waals surface area (Å²) < 4.78 is 44.2. The van der Waals surface area contributed by atoms with Gasteiger partial charge in [-0.2, -0.15) is 23.1 Å². The average molecular weight is 454 g/mol. The number of nitrogens with zero attached hydrogens (tertiary/aromatic N) is 3. The Labute approximate surface area is 176 Å². The van der Waals surface area contributed by atoms with Crippen LogP contribution in [0.2, 0.25) is 5.02 Å². The third-order valence-corrected chi connectivity index (χ3v) is 4.04. The zero-order chi connectivity index (χ0) is 22.6. The molecule has 0 fully saturated rings. The van der Waals surface area contributed by atoms with Crippen LogP contribution in [0.1, 0.15) is 26.5 Å². The molecule has 3 N–H and O–H groups in total. The Morgan fingerprint density at radius 1 is 1.03 bits per heavy atom. The number of anilines is 1. The van der Waals surface area contributed by atoms with Crippen molar-refractivity contribution in [1.82, 2.24) is 20.4 Å². The maximum Gasteiger partial charge on any atom is 0.417 e. The smallest absolute Gasteiger partial charge is 0.417 e. The number of ether oxygens (including phenoxy) is 1. The van der Waals surface area contributed by atoms with Crippen molar-refractivity contribution in [2.45, 2.75) is 6.18 Å². The van der Waals surface area contributed by atoms with Gasteiger partial charge in [-0.3, -0.25) is 14.8 Å². The molecule has 0 aliphatic carbocycles. The first kappa shape index (κ1) is 21.9. The van der Waals surface area contributed by atoms with Crippen molar-refractivity contribution in [3.8, 4) is 11.8 Å². The Balaban J connectivity index is 1.70. The summed E-state index contributed by atoms with van der Waals surface area (Å²) in [5, 5.41) is 10.5. The van der Waals surface area contributed by atoms with Crippen molar-refractivity contribution in [3.05, 3.63) is 70.8 Å². The van der Waals surface area contributed by atoms with Crippen molar-refractivity contribution in [1.29, 1.82) is 0 Å². The molecule has 0 bridgehead atoms. The number of carbonyl (C=O) groups is 2. The Kier molecular flexibility index (Phi) is 6.32. The molecule has 0 atom stereocenters. The number of hydrogen-bond donors (Lipinski definition) is 3. The Bertz CT molecular complexity index is 1130. The minimum atomic E-state index is -4.70. The van der Waals surface area contributed by atoms with E-state index in [0.29, 0.717) is 6.07 Å². The number of rotatable bonds is 5. The summed E-state index contributed by atoms with van der Waals surface area (Å²) in [4.78, 5) is 34.5. The first-order chi connectivity index (χ1) is 14.7. The number of hydroxylamine groups is 1. The van der Waals surface area contributed by atoms with Crippen LogP contribution in [0.3, 0.4) is 0 Å². The highest BCUT2D eigenvalue weighted by molar-refractivity contribution is 6.31. The highest BCUT2D eigenvalue weighted by Crippen LogP contribution is 2.35. The fourth-order valence-corrected chi connectivity index (χ4v) is 2.51. The molecule has 9 nitrogen and oxygen atoms in total. The summed E-state index contributed by atoms with van der Waals surface area (Å²) in [6.07, 6.45) is -3.69. The maximum absolute atomic E-state index is 13.0. The van der Waals surface area contributed by atoms with Crippen LogP contribution < -0.4 is 15.5 Å². The third kappa shape index (κ3) is 5.43. The minimum absolute atomic E-state index is 0.225. The SMILES string of the molecule is O=C(Nc1ccc(Oc2ncnc(C(=O)NO)n2)cc1)c1ccc(Cl)c(C(F)(F)F)c1. The molecule has 0 radical (unpaired) electrons. The quantitative estimate of drug-likeness (QED) is 0.397. The lowest BCUT2D eigenvalue weighted by molar-refractivity contribution is -0.137. The summed E-state index contributed by atoms with van der Waals surface area (Å²) in [6.45, 7) is 0. The minimum Gasteiger partial charge on any atom is -0.424 e. The number of carbonyl (C=O) groups excluding carboxylic acids is 2. The molecule has 0 spiro atoms. The van der Waals surface area contributed by atoms with Gasteiger partial charge in [0.25, 0.3) is 5.91 Å². The van der Waals surface area contributed by atoms with Crippen LogP contribution in [0.15, 0.2) is 48.8 Å². The monoisotopic (exact) mass is 453 g/mol. The second-order valence-electron chi connectivity index (χ2n) is 5.81. The van der Waals surface area contributed by atoms with Crippen molar-refractivity contribution in [2.75, 3.05) is 5.32 Å². The first-order valence-electron chi connectivity index (χ1n) is 8.27. The lowest BCUT2D eigenvalue weighted by Crippen LogP contribution is -2.21. The normalized spacial score (nSPS) is 11.0. The van der Waals surface area contributed by atoms with Crippen molar-refractivity contribution in [2.24, 2.45) is 0 Å². The highest BCUT2D eigenvalue weighted by Gasteiger charge is 2.33. The van der Waals surface area contributed by atoms with Gasteiger partial charge in [0.1, 0.15) is 12.1 Å². The molecule has 3 rings (SSSR count). The van der Waals surface area contributed by atoms with E-state index in [4.69, 9.17) is 21.5 Å². The van der Waals surface area contributed by atoms with E-state index in [0.717, 1.165) is 12.4 Å². The fraction of sp³-hybridized carbons (Fsp3) is 0.0556. The molecule has 0 aliphatic rings. The van der Waals surface area contributed by atoms with Crippen LogP contribution in [0.4, 0.5) is 18.9 Å². The van der Waals surface area contributed by atoms with Crippen molar-refractivity contribution in [3.63, 3.8) is 0 Å². The molecule has 2 amide bonds. The molecule has 31 heavy (non-hydrogen) atoms. The fourth-order valence-electron chi connectivity index (χ4n) is 2.29. The van der Waals surface area contributed by atoms with Gasteiger partial charge in [-0.25, -0.2) is 10.5 Å². The number of alkyl halides is 3. The molecule has 0 aliphatic heterocycles. The maximum atomic E-state index is 13.0. The Morgan fingerprint density at radius 2 is 1.74 bits per heavy atom.